The highest BCUT2D eigenvalue weighted by Gasteiger charge is 2.22. The fraction of sp³-hybridized carbons (Fsp3) is 0.184. The van der Waals surface area contributed by atoms with Gasteiger partial charge in [0, 0.05) is 19.3 Å². The predicted octanol–water partition coefficient (Wildman–Crippen LogP) is 7.22. The number of ether oxygens (including phenoxy) is 4. The largest absolute Gasteiger partial charge is 0.497 e. The Morgan fingerprint density at radius 1 is 0.681 bits per heavy atom. The topological polar surface area (TPSA) is 87.9 Å². The number of hydrogen-bond donors (Lipinski definition) is 0. The quantitative estimate of drug-likeness (QED) is 0.110. The summed E-state index contributed by atoms with van der Waals surface area (Å²) in [5.41, 5.74) is 5.62. The Kier molecular flexibility index (Phi) is 10.0. The van der Waals surface area contributed by atoms with Crippen LogP contribution in [0.4, 0.5) is 5.95 Å². The maximum atomic E-state index is 12.4. The summed E-state index contributed by atoms with van der Waals surface area (Å²) in [4.78, 5) is 24.5. The first-order valence-corrected chi connectivity index (χ1v) is 15.3. The number of rotatable bonds is 15. The van der Waals surface area contributed by atoms with Gasteiger partial charge in [0.25, 0.3) is 0 Å². The molecule has 0 atom stereocenters. The molecule has 9 heteroatoms. The number of fused-ring (bicyclic) bond motifs is 1. The summed E-state index contributed by atoms with van der Waals surface area (Å²) in [7, 11) is 3.29. The Balaban J connectivity index is 1.40. The highest BCUT2D eigenvalue weighted by atomic mass is 16.5. The van der Waals surface area contributed by atoms with E-state index < -0.39 is 0 Å². The third-order valence-corrected chi connectivity index (χ3v) is 7.73. The Hall–Kier alpha value is -5.67. The molecule has 0 aliphatic rings. The first-order valence-electron chi connectivity index (χ1n) is 15.3. The van der Waals surface area contributed by atoms with Crippen molar-refractivity contribution < 1.29 is 23.7 Å². The molecule has 9 nitrogen and oxygen atoms in total. The first kappa shape index (κ1) is 31.3. The van der Waals surface area contributed by atoms with Crippen LogP contribution < -0.4 is 19.1 Å². The van der Waals surface area contributed by atoms with E-state index in [-0.39, 0.29) is 13.3 Å². The molecule has 6 aromatic rings. The third kappa shape index (κ3) is 7.77. The summed E-state index contributed by atoms with van der Waals surface area (Å²) in [6.07, 6.45) is 2.55. The van der Waals surface area contributed by atoms with Gasteiger partial charge in [-0.05, 0) is 46.5 Å². The van der Waals surface area contributed by atoms with E-state index in [4.69, 9.17) is 28.9 Å². The molecule has 0 bridgehead atoms. The number of nitrogens with zero attached hydrogens (tertiary/aromatic N) is 4. The molecule has 0 fully saturated rings. The summed E-state index contributed by atoms with van der Waals surface area (Å²) in [5.74, 6) is 2.34. The Morgan fingerprint density at radius 2 is 1.23 bits per heavy atom. The zero-order valence-corrected chi connectivity index (χ0v) is 26.4. The van der Waals surface area contributed by atoms with Crippen LogP contribution in [0, 0.1) is 0 Å². The van der Waals surface area contributed by atoms with E-state index in [2.05, 4.69) is 4.90 Å². The van der Waals surface area contributed by atoms with E-state index in [0.717, 1.165) is 40.0 Å². The summed E-state index contributed by atoms with van der Waals surface area (Å²) in [6, 6.07) is 35.6. The fourth-order valence-electron chi connectivity index (χ4n) is 5.27. The number of methoxy groups -OCH3 is 2. The predicted molar refractivity (Wildman–Crippen MR) is 181 cm³/mol. The molecular formula is C38H36N4O5. The average Bonchev–Trinajstić information content (AvgIpc) is 3.49. The van der Waals surface area contributed by atoms with Gasteiger partial charge in [-0.25, -0.2) is 4.98 Å². The lowest BCUT2D eigenvalue weighted by atomic mass is 10.1. The van der Waals surface area contributed by atoms with Gasteiger partial charge >= 0.3 is 0 Å². The second-order valence-electron chi connectivity index (χ2n) is 11.0. The maximum Gasteiger partial charge on any atom is 0.243 e. The minimum Gasteiger partial charge on any atom is -0.497 e. The highest BCUT2D eigenvalue weighted by molar-refractivity contribution is 5.97. The van der Waals surface area contributed by atoms with Crippen LogP contribution in [-0.4, -0.2) is 35.0 Å². The molecule has 0 aliphatic heterocycles. The van der Waals surface area contributed by atoms with Gasteiger partial charge in [0.15, 0.2) is 6.29 Å². The second kappa shape index (κ2) is 15.1. The van der Waals surface area contributed by atoms with Gasteiger partial charge < -0.3 is 28.4 Å². The van der Waals surface area contributed by atoms with Gasteiger partial charge in [0.1, 0.15) is 35.9 Å². The Bertz CT molecular complexity index is 1840. The Labute approximate surface area is 273 Å². The highest BCUT2D eigenvalue weighted by Crippen LogP contribution is 2.31. The van der Waals surface area contributed by atoms with Crippen molar-refractivity contribution >= 4 is 23.3 Å². The second-order valence-corrected chi connectivity index (χ2v) is 11.0. The van der Waals surface area contributed by atoms with Crippen LogP contribution in [0.2, 0.25) is 0 Å². The first-order chi connectivity index (χ1) is 23.1. The lowest BCUT2D eigenvalue weighted by molar-refractivity contribution is 0.0663. The van der Waals surface area contributed by atoms with Gasteiger partial charge in [0.2, 0.25) is 11.8 Å². The van der Waals surface area contributed by atoms with Crippen LogP contribution in [0.1, 0.15) is 32.6 Å². The number of aldehydes is 1. The van der Waals surface area contributed by atoms with Crippen molar-refractivity contribution in [2.75, 3.05) is 19.1 Å². The van der Waals surface area contributed by atoms with Crippen LogP contribution >= 0.6 is 0 Å². The lowest BCUT2D eigenvalue weighted by Gasteiger charge is -2.24. The van der Waals surface area contributed by atoms with Gasteiger partial charge in [-0.15, -0.1) is 0 Å². The smallest absolute Gasteiger partial charge is 0.243 e. The molecule has 0 amide bonds. The van der Waals surface area contributed by atoms with Crippen molar-refractivity contribution in [1.29, 1.82) is 0 Å². The van der Waals surface area contributed by atoms with Crippen molar-refractivity contribution in [3.63, 3.8) is 0 Å². The molecule has 47 heavy (non-hydrogen) atoms. The normalized spacial score (nSPS) is 10.9. The third-order valence-electron chi connectivity index (χ3n) is 7.73. The number of aromatic nitrogens is 3. The molecule has 0 radical (unpaired) electrons. The minimum absolute atomic E-state index is 0.186. The lowest BCUT2D eigenvalue weighted by Crippen LogP contribution is -2.24. The molecule has 238 valence electrons. The zero-order valence-electron chi connectivity index (χ0n) is 26.4. The van der Waals surface area contributed by atoms with Crippen LogP contribution in [0.5, 0.6) is 17.4 Å². The van der Waals surface area contributed by atoms with Crippen LogP contribution in [0.3, 0.4) is 0 Å². The molecule has 0 spiro atoms. The summed E-state index contributed by atoms with van der Waals surface area (Å²) < 4.78 is 25.1. The standard InChI is InChI=1S/C38H36N4O5/c1-44-33-17-13-28(14-18-33)21-41(22-29-15-19-34(45-2)20-16-29)38-39-35-32(24-43)23-42(27-46-25-30-9-5-3-6-10-30)36(35)37(40-38)47-26-31-11-7-4-8-12-31/h3-20,23-24H,21-22,25-27H2,1-2H3. The number of carbonyl (C=O) groups excluding carboxylic acids is 1. The van der Waals surface area contributed by atoms with Crippen molar-refractivity contribution in [2.45, 2.75) is 33.0 Å². The van der Waals surface area contributed by atoms with Crippen LogP contribution in [0.25, 0.3) is 11.0 Å². The average molecular weight is 629 g/mol. The van der Waals surface area contributed by atoms with Crippen molar-refractivity contribution in [1.82, 2.24) is 14.5 Å². The van der Waals surface area contributed by atoms with E-state index in [1.807, 2.05) is 114 Å². The summed E-state index contributed by atoms with van der Waals surface area (Å²) in [6.45, 7) is 1.88. The SMILES string of the molecule is COc1ccc(CN(Cc2ccc(OC)cc2)c2nc(OCc3ccccc3)c3c(n2)c(C=O)cn3COCc2ccccc2)cc1. The van der Waals surface area contributed by atoms with E-state index in [9.17, 15) is 4.79 Å². The zero-order chi connectivity index (χ0) is 32.4. The molecule has 2 heterocycles. The van der Waals surface area contributed by atoms with E-state index in [1.165, 1.54) is 0 Å². The molecule has 0 unspecified atom stereocenters. The molecule has 0 aliphatic carbocycles. The monoisotopic (exact) mass is 628 g/mol. The van der Waals surface area contributed by atoms with Gasteiger partial charge in [-0.2, -0.15) is 4.98 Å². The van der Waals surface area contributed by atoms with E-state index in [1.54, 1.807) is 20.4 Å². The van der Waals surface area contributed by atoms with Gasteiger partial charge in [-0.3, -0.25) is 4.79 Å². The van der Waals surface area contributed by atoms with Crippen molar-refractivity contribution in [3.05, 3.63) is 143 Å². The number of anilines is 1. The number of carbonyl (C=O) groups is 1. The maximum absolute atomic E-state index is 12.4. The van der Waals surface area contributed by atoms with Gasteiger partial charge in [-0.1, -0.05) is 84.9 Å². The van der Waals surface area contributed by atoms with E-state index >= 15 is 0 Å². The van der Waals surface area contributed by atoms with E-state index in [0.29, 0.717) is 48.1 Å². The number of hydrogen-bond acceptors (Lipinski definition) is 8. The van der Waals surface area contributed by atoms with Crippen molar-refractivity contribution in [2.24, 2.45) is 0 Å². The van der Waals surface area contributed by atoms with Crippen LogP contribution in [-0.2, 0) is 37.8 Å². The molecular weight excluding hydrogens is 592 g/mol. The molecule has 0 saturated carbocycles. The molecule has 0 N–H and O–H groups in total. The summed E-state index contributed by atoms with van der Waals surface area (Å²) >= 11 is 0. The molecule has 4 aromatic carbocycles. The number of benzene rings is 4. The minimum atomic E-state index is 0.186. The van der Waals surface area contributed by atoms with Crippen LogP contribution in [0.15, 0.2) is 115 Å². The summed E-state index contributed by atoms with van der Waals surface area (Å²) in [5, 5.41) is 0. The van der Waals surface area contributed by atoms with Crippen molar-refractivity contribution in [3.8, 4) is 17.4 Å². The van der Waals surface area contributed by atoms with Gasteiger partial charge in [0.05, 0.1) is 26.4 Å². The molecule has 6 rings (SSSR count). The Morgan fingerprint density at radius 3 is 1.77 bits per heavy atom. The molecule has 0 saturated heterocycles. The molecule has 2 aromatic heterocycles. The fourth-order valence-corrected chi connectivity index (χ4v) is 5.27.